The maximum atomic E-state index is 14.3. The Hall–Kier alpha value is -4.17. The quantitative estimate of drug-likeness (QED) is 0.292. The van der Waals surface area contributed by atoms with Crippen molar-refractivity contribution in [2.24, 2.45) is 0 Å². The second-order valence-electron chi connectivity index (χ2n) is 10.7. The van der Waals surface area contributed by atoms with E-state index in [2.05, 4.69) is 33.7 Å². The lowest BCUT2D eigenvalue weighted by molar-refractivity contribution is -0.127. The molecule has 2 fully saturated rings. The summed E-state index contributed by atoms with van der Waals surface area (Å²) in [5.41, 5.74) is 0.501. The SMILES string of the molecule is C=CC(=O)N[C@H]1COC[C@H]1Nc1ncc2cc(-c3c(Cl)c(OC)cc(OC)c3Cl)c(=O)n(CCN3CCN(C(=O)C=C)CC3)c2n1. The van der Waals surface area contributed by atoms with E-state index in [-0.39, 0.29) is 63.1 Å². The average molecular weight is 673 g/mol. The number of nitrogens with zero attached hydrogens (tertiary/aromatic N) is 5. The molecule has 0 aliphatic carbocycles. The zero-order valence-corrected chi connectivity index (χ0v) is 27.1. The molecule has 2 aliphatic rings. The van der Waals surface area contributed by atoms with E-state index in [9.17, 15) is 14.4 Å². The van der Waals surface area contributed by atoms with Gasteiger partial charge in [0.2, 0.25) is 17.8 Å². The molecule has 2 N–H and O–H groups in total. The molecule has 46 heavy (non-hydrogen) atoms. The summed E-state index contributed by atoms with van der Waals surface area (Å²) < 4.78 is 18.0. The molecule has 1 aromatic carbocycles. The number of amides is 2. The molecule has 4 heterocycles. The number of carbonyl (C=O) groups excluding carboxylic acids is 2. The number of methoxy groups -OCH3 is 2. The van der Waals surface area contributed by atoms with Crippen molar-refractivity contribution >= 4 is 52.0 Å². The van der Waals surface area contributed by atoms with Crippen LogP contribution >= 0.6 is 23.2 Å². The van der Waals surface area contributed by atoms with Crippen molar-refractivity contribution in [2.75, 3.05) is 65.5 Å². The Labute approximate surface area is 275 Å². The Balaban J connectivity index is 1.54. The molecule has 3 aromatic rings. The Morgan fingerprint density at radius 3 is 2.33 bits per heavy atom. The van der Waals surface area contributed by atoms with E-state index < -0.39 is 0 Å². The van der Waals surface area contributed by atoms with Gasteiger partial charge >= 0.3 is 0 Å². The number of hydrogen-bond acceptors (Lipinski definition) is 10. The molecule has 0 spiro atoms. The van der Waals surface area contributed by atoms with E-state index in [1.54, 1.807) is 27.8 Å². The van der Waals surface area contributed by atoms with Crippen LogP contribution in [0.4, 0.5) is 5.95 Å². The van der Waals surface area contributed by atoms with Gasteiger partial charge in [0.15, 0.2) is 0 Å². The molecule has 2 atom stereocenters. The van der Waals surface area contributed by atoms with Crippen molar-refractivity contribution in [2.45, 2.75) is 18.6 Å². The molecular formula is C31H35Cl2N7O6. The van der Waals surface area contributed by atoms with Crippen LogP contribution in [0.25, 0.3) is 22.2 Å². The average Bonchev–Trinajstić information content (AvgIpc) is 3.50. The molecule has 2 saturated heterocycles. The van der Waals surface area contributed by atoms with Gasteiger partial charge in [-0.3, -0.25) is 23.9 Å². The number of aromatic nitrogens is 3. The van der Waals surface area contributed by atoms with Gasteiger partial charge in [-0.2, -0.15) is 4.98 Å². The lowest BCUT2D eigenvalue weighted by Crippen LogP contribution is -2.49. The minimum atomic E-state index is -0.378. The predicted molar refractivity (Wildman–Crippen MR) is 176 cm³/mol. The summed E-state index contributed by atoms with van der Waals surface area (Å²) in [4.78, 5) is 51.5. The van der Waals surface area contributed by atoms with E-state index in [0.717, 1.165) is 0 Å². The van der Waals surface area contributed by atoms with Crippen LogP contribution in [0.3, 0.4) is 0 Å². The highest BCUT2D eigenvalue weighted by Crippen LogP contribution is 2.45. The van der Waals surface area contributed by atoms with E-state index in [4.69, 9.17) is 42.4 Å². The summed E-state index contributed by atoms with van der Waals surface area (Å²) in [5, 5.41) is 6.97. The van der Waals surface area contributed by atoms with Gasteiger partial charge < -0.3 is 29.7 Å². The monoisotopic (exact) mass is 671 g/mol. The van der Waals surface area contributed by atoms with Crippen LogP contribution in [-0.2, 0) is 20.9 Å². The van der Waals surface area contributed by atoms with E-state index in [0.29, 0.717) is 68.5 Å². The molecule has 13 nitrogen and oxygen atoms in total. The highest BCUT2D eigenvalue weighted by Gasteiger charge is 2.30. The molecule has 2 amide bonds. The Morgan fingerprint density at radius 2 is 1.70 bits per heavy atom. The zero-order chi connectivity index (χ0) is 33.0. The third-order valence-corrected chi connectivity index (χ3v) is 8.83. The first kappa shape index (κ1) is 33.2. The highest BCUT2D eigenvalue weighted by atomic mass is 35.5. The van der Waals surface area contributed by atoms with Crippen LogP contribution in [0.1, 0.15) is 0 Å². The normalized spacial score (nSPS) is 18.3. The number of fused-ring (bicyclic) bond motifs is 1. The topological polar surface area (TPSA) is 140 Å². The minimum absolute atomic E-state index is 0.104. The summed E-state index contributed by atoms with van der Waals surface area (Å²) in [6.07, 6.45) is 4.12. The molecule has 15 heteroatoms. The number of piperazine rings is 1. The molecule has 5 rings (SSSR count). The van der Waals surface area contributed by atoms with Crippen molar-refractivity contribution in [3.05, 3.63) is 64.0 Å². The van der Waals surface area contributed by atoms with E-state index in [1.165, 1.54) is 26.4 Å². The molecular weight excluding hydrogens is 637 g/mol. The second kappa shape index (κ2) is 14.5. The summed E-state index contributed by atoms with van der Waals surface area (Å²) >= 11 is 13.5. The fourth-order valence-electron chi connectivity index (χ4n) is 5.55. The smallest absolute Gasteiger partial charge is 0.260 e. The zero-order valence-electron chi connectivity index (χ0n) is 25.6. The maximum absolute atomic E-state index is 14.3. The van der Waals surface area contributed by atoms with Crippen molar-refractivity contribution in [1.29, 1.82) is 0 Å². The number of benzene rings is 1. The summed E-state index contributed by atoms with van der Waals surface area (Å²) in [6.45, 7) is 10.9. The molecule has 244 valence electrons. The third kappa shape index (κ3) is 6.82. The highest BCUT2D eigenvalue weighted by molar-refractivity contribution is 6.41. The van der Waals surface area contributed by atoms with Gasteiger partial charge in [-0.25, -0.2) is 4.98 Å². The van der Waals surface area contributed by atoms with Crippen LogP contribution in [-0.4, -0.2) is 108 Å². The number of ether oxygens (including phenoxy) is 3. The molecule has 0 radical (unpaired) electrons. The third-order valence-electron chi connectivity index (χ3n) is 8.08. The molecule has 2 aliphatic heterocycles. The summed E-state index contributed by atoms with van der Waals surface area (Å²) in [7, 11) is 2.93. The van der Waals surface area contributed by atoms with Gasteiger partial charge in [-0.15, -0.1) is 0 Å². The predicted octanol–water partition coefficient (Wildman–Crippen LogP) is 2.59. The first-order chi connectivity index (χ1) is 22.2. The fourth-order valence-corrected chi connectivity index (χ4v) is 6.25. The Kier molecular flexibility index (Phi) is 10.5. The Bertz CT molecular complexity index is 1700. The fraction of sp³-hybridized carbons (Fsp3) is 0.387. The number of halogens is 2. The van der Waals surface area contributed by atoms with Crippen LogP contribution in [0.5, 0.6) is 11.5 Å². The molecule has 0 unspecified atom stereocenters. The van der Waals surface area contributed by atoms with Crippen molar-refractivity contribution < 1.29 is 23.8 Å². The van der Waals surface area contributed by atoms with Gasteiger partial charge in [0.25, 0.3) is 5.56 Å². The lowest BCUT2D eigenvalue weighted by Gasteiger charge is -2.34. The van der Waals surface area contributed by atoms with Crippen molar-refractivity contribution in [3.8, 4) is 22.6 Å². The summed E-state index contributed by atoms with van der Waals surface area (Å²) in [5.74, 6) is 0.432. The number of anilines is 1. The largest absolute Gasteiger partial charge is 0.495 e. The first-order valence-corrected chi connectivity index (χ1v) is 15.4. The number of hydrogen-bond donors (Lipinski definition) is 2. The van der Waals surface area contributed by atoms with Gasteiger partial charge in [0.05, 0.1) is 55.1 Å². The van der Waals surface area contributed by atoms with Gasteiger partial charge in [0, 0.05) is 62.5 Å². The van der Waals surface area contributed by atoms with Crippen LogP contribution < -0.4 is 25.7 Å². The first-order valence-electron chi connectivity index (χ1n) is 14.6. The van der Waals surface area contributed by atoms with Gasteiger partial charge in [-0.1, -0.05) is 36.4 Å². The number of pyridine rings is 1. The molecule has 2 aromatic heterocycles. The lowest BCUT2D eigenvalue weighted by atomic mass is 10.0. The van der Waals surface area contributed by atoms with Crippen LogP contribution in [0, 0.1) is 0 Å². The molecule has 0 saturated carbocycles. The van der Waals surface area contributed by atoms with Gasteiger partial charge in [-0.05, 0) is 18.2 Å². The van der Waals surface area contributed by atoms with Crippen LogP contribution in [0.2, 0.25) is 10.0 Å². The standard InChI is InChI=1S/C31H35Cl2N7O6/c1-5-24(41)35-20-16-46-17-21(20)36-31-34-15-18-13-19(26-27(32)22(44-3)14-23(45-4)28(26)33)30(43)40(29(18)37-31)12-9-38-7-10-39(11-8-38)25(42)6-2/h5-6,13-15,20-21H,1-2,7-12,16-17H2,3-4H3,(H,35,41)(H,34,36,37)/t20-,21+/m0/s1. The van der Waals surface area contributed by atoms with Crippen LogP contribution in [0.15, 0.2) is 48.4 Å². The van der Waals surface area contributed by atoms with Crippen molar-refractivity contribution in [1.82, 2.24) is 29.7 Å². The van der Waals surface area contributed by atoms with Gasteiger partial charge in [0.1, 0.15) is 17.1 Å². The number of carbonyl (C=O) groups is 2. The maximum Gasteiger partial charge on any atom is 0.260 e. The van der Waals surface area contributed by atoms with E-state index >= 15 is 0 Å². The Morgan fingerprint density at radius 1 is 1.02 bits per heavy atom. The molecule has 0 bridgehead atoms. The summed E-state index contributed by atoms with van der Waals surface area (Å²) in [6, 6.07) is 2.57. The van der Waals surface area contributed by atoms with E-state index in [1.807, 2.05) is 0 Å². The second-order valence-corrected chi connectivity index (χ2v) is 11.5. The number of nitrogens with one attached hydrogen (secondary N) is 2. The number of rotatable bonds is 11. The van der Waals surface area contributed by atoms with Crippen molar-refractivity contribution in [3.63, 3.8) is 0 Å². The minimum Gasteiger partial charge on any atom is -0.495 e.